The predicted molar refractivity (Wildman–Crippen MR) is 51.4 cm³/mol. The van der Waals surface area contributed by atoms with Crippen molar-refractivity contribution < 1.29 is 9.53 Å². The molecule has 0 aliphatic carbocycles. The first kappa shape index (κ1) is 10.3. The highest BCUT2D eigenvalue weighted by molar-refractivity contribution is 5.87. The highest BCUT2D eigenvalue weighted by Crippen LogP contribution is 2.18. The van der Waals surface area contributed by atoms with Gasteiger partial charge in [-0.1, -0.05) is 6.58 Å². The van der Waals surface area contributed by atoms with Crippen molar-refractivity contribution in [3.63, 3.8) is 0 Å². The molecule has 0 aromatic carbocycles. The Hall–Kier alpha value is -0.830. The van der Waals surface area contributed by atoms with Crippen LogP contribution in [-0.4, -0.2) is 24.2 Å². The summed E-state index contributed by atoms with van der Waals surface area (Å²) in [5, 5.41) is 2.89. The lowest BCUT2D eigenvalue weighted by Crippen LogP contribution is -2.43. The molecule has 1 rings (SSSR count). The second-order valence-corrected chi connectivity index (χ2v) is 3.64. The SMILES string of the molecule is C=CC(=O)NC1CC(C)OC(C)C1. The molecule has 13 heavy (non-hydrogen) atoms. The van der Waals surface area contributed by atoms with E-state index in [1.54, 1.807) is 0 Å². The van der Waals surface area contributed by atoms with Crippen LogP contribution in [0.5, 0.6) is 0 Å². The van der Waals surface area contributed by atoms with Crippen LogP contribution in [0.25, 0.3) is 0 Å². The Kier molecular flexibility index (Phi) is 3.48. The number of ether oxygens (including phenoxy) is 1. The Morgan fingerprint density at radius 2 is 2.00 bits per heavy atom. The largest absolute Gasteiger partial charge is 0.375 e. The van der Waals surface area contributed by atoms with Crippen LogP contribution in [-0.2, 0) is 9.53 Å². The molecule has 1 saturated heterocycles. The molecule has 1 amide bonds. The molecule has 0 bridgehead atoms. The van der Waals surface area contributed by atoms with Gasteiger partial charge in [-0.2, -0.15) is 0 Å². The van der Waals surface area contributed by atoms with Crippen LogP contribution in [0.15, 0.2) is 12.7 Å². The smallest absolute Gasteiger partial charge is 0.243 e. The number of rotatable bonds is 2. The molecule has 74 valence electrons. The molecule has 1 aliphatic rings. The van der Waals surface area contributed by atoms with Gasteiger partial charge < -0.3 is 10.1 Å². The fourth-order valence-corrected chi connectivity index (χ4v) is 1.78. The zero-order chi connectivity index (χ0) is 9.84. The van der Waals surface area contributed by atoms with E-state index in [-0.39, 0.29) is 24.2 Å². The Balaban J connectivity index is 2.41. The van der Waals surface area contributed by atoms with E-state index in [0.717, 1.165) is 12.8 Å². The first-order valence-electron chi connectivity index (χ1n) is 4.70. The number of nitrogens with one attached hydrogen (secondary N) is 1. The summed E-state index contributed by atoms with van der Waals surface area (Å²) in [5.74, 6) is -0.0914. The van der Waals surface area contributed by atoms with Crippen LogP contribution < -0.4 is 5.32 Å². The van der Waals surface area contributed by atoms with Crippen LogP contribution in [0, 0.1) is 0 Å². The zero-order valence-electron chi connectivity index (χ0n) is 8.25. The highest BCUT2D eigenvalue weighted by atomic mass is 16.5. The van der Waals surface area contributed by atoms with Crippen LogP contribution in [0.4, 0.5) is 0 Å². The van der Waals surface area contributed by atoms with Crippen LogP contribution >= 0.6 is 0 Å². The van der Waals surface area contributed by atoms with Crippen molar-refractivity contribution in [1.82, 2.24) is 5.32 Å². The van der Waals surface area contributed by atoms with Gasteiger partial charge in [0.1, 0.15) is 0 Å². The first-order valence-corrected chi connectivity index (χ1v) is 4.70. The average Bonchev–Trinajstić information content (AvgIpc) is 2.02. The molecule has 0 saturated carbocycles. The minimum absolute atomic E-state index is 0.0914. The topological polar surface area (TPSA) is 38.3 Å². The van der Waals surface area contributed by atoms with E-state index < -0.39 is 0 Å². The van der Waals surface area contributed by atoms with E-state index in [2.05, 4.69) is 11.9 Å². The molecule has 0 aromatic rings. The van der Waals surface area contributed by atoms with Gasteiger partial charge in [0.15, 0.2) is 0 Å². The Morgan fingerprint density at radius 3 is 2.46 bits per heavy atom. The minimum atomic E-state index is -0.0914. The average molecular weight is 183 g/mol. The summed E-state index contributed by atoms with van der Waals surface area (Å²) in [6, 6.07) is 0.240. The molecule has 3 nitrogen and oxygen atoms in total. The van der Waals surface area contributed by atoms with Gasteiger partial charge in [-0.3, -0.25) is 4.79 Å². The number of carbonyl (C=O) groups is 1. The lowest BCUT2D eigenvalue weighted by molar-refractivity contribution is -0.118. The molecule has 3 heteroatoms. The third kappa shape index (κ3) is 3.19. The third-order valence-electron chi connectivity index (χ3n) is 2.23. The monoisotopic (exact) mass is 183 g/mol. The van der Waals surface area contributed by atoms with Gasteiger partial charge in [-0.05, 0) is 32.8 Å². The highest BCUT2D eigenvalue weighted by Gasteiger charge is 2.24. The van der Waals surface area contributed by atoms with E-state index in [4.69, 9.17) is 4.74 Å². The third-order valence-corrected chi connectivity index (χ3v) is 2.23. The maximum atomic E-state index is 11.0. The summed E-state index contributed by atoms with van der Waals surface area (Å²) in [7, 11) is 0. The fourth-order valence-electron chi connectivity index (χ4n) is 1.78. The van der Waals surface area contributed by atoms with Crippen molar-refractivity contribution >= 4 is 5.91 Å². The summed E-state index contributed by atoms with van der Waals surface area (Å²) in [6.07, 6.45) is 3.57. The minimum Gasteiger partial charge on any atom is -0.375 e. The fraction of sp³-hybridized carbons (Fsp3) is 0.700. The van der Waals surface area contributed by atoms with Crippen molar-refractivity contribution in [3.8, 4) is 0 Å². The van der Waals surface area contributed by atoms with Crippen molar-refractivity contribution in [2.75, 3.05) is 0 Å². The molecule has 2 atom stereocenters. The molecule has 1 heterocycles. The van der Waals surface area contributed by atoms with Gasteiger partial charge in [0.25, 0.3) is 0 Å². The summed E-state index contributed by atoms with van der Waals surface area (Å²) < 4.78 is 5.55. The van der Waals surface area contributed by atoms with Gasteiger partial charge in [0.05, 0.1) is 12.2 Å². The molecular weight excluding hydrogens is 166 g/mol. The second kappa shape index (κ2) is 4.42. The number of amides is 1. The predicted octanol–water partition coefficient (Wildman–Crippen LogP) is 1.24. The standard InChI is InChI=1S/C10H17NO2/c1-4-10(12)11-9-5-7(2)13-8(3)6-9/h4,7-9H,1,5-6H2,2-3H3,(H,11,12). The molecule has 1 N–H and O–H groups in total. The van der Waals surface area contributed by atoms with Gasteiger partial charge in [-0.25, -0.2) is 0 Å². The number of carbonyl (C=O) groups excluding carboxylic acids is 1. The quantitative estimate of drug-likeness (QED) is 0.654. The van der Waals surface area contributed by atoms with E-state index in [1.165, 1.54) is 6.08 Å². The second-order valence-electron chi connectivity index (χ2n) is 3.64. The normalized spacial score (nSPS) is 33.8. The van der Waals surface area contributed by atoms with Crippen molar-refractivity contribution in [3.05, 3.63) is 12.7 Å². The van der Waals surface area contributed by atoms with Gasteiger partial charge >= 0.3 is 0 Å². The summed E-state index contributed by atoms with van der Waals surface area (Å²) >= 11 is 0. The van der Waals surface area contributed by atoms with E-state index in [0.29, 0.717) is 0 Å². The summed E-state index contributed by atoms with van der Waals surface area (Å²) in [5.41, 5.74) is 0. The lowest BCUT2D eigenvalue weighted by Gasteiger charge is -2.32. The van der Waals surface area contributed by atoms with E-state index in [1.807, 2.05) is 13.8 Å². The maximum Gasteiger partial charge on any atom is 0.243 e. The number of hydrogen-bond acceptors (Lipinski definition) is 2. The van der Waals surface area contributed by atoms with Crippen LogP contribution in [0.1, 0.15) is 26.7 Å². The van der Waals surface area contributed by atoms with E-state index in [9.17, 15) is 4.79 Å². The molecule has 1 aliphatic heterocycles. The molecule has 0 radical (unpaired) electrons. The molecule has 0 aromatic heterocycles. The summed E-state index contributed by atoms with van der Waals surface area (Å²) in [4.78, 5) is 11.0. The number of hydrogen-bond donors (Lipinski definition) is 1. The molecule has 1 fully saturated rings. The molecular formula is C10H17NO2. The molecule has 0 spiro atoms. The van der Waals surface area contributed by atoms with Crippen molar-refractivity contribution in [1.29, 1.82) is 0 Å². The lowest BCUT2D eigenvalue weighted by atomic mass is 10.00. The summed E-state index contributed by atoms with van der Waals surface area (Å²) in [6.45, 7) is 7.48. The Bertz CT molecular complexity index is 193. The van der Waals surface area contributed by atoms with Gasteiger partial charge in [0.2, 0.25) is 5.91 Å². The Labute approximate surface area is 79.2 Å². The van der Waals surface area contributed by atoms with E-state index >= 15 is 0 Å². The van der Waals surface area contributed by atoms with Crippen molar-refractivity contribution in [2.24, 2.45) is 0 Å². The van der Waals surface area contributed by atoms with Crippen molar-refractivity contribution in [2.45, 2.75) is 44.9 Å². The zero-order valence-corrected chi connectivity index (χ0v) is 8.25. The first-order chi connectivity index (χ1) is 6.11. The van der Waals surface area contributed by atoms with Gasteiger partial charge in [0, 0.05) is 6.04 Å². The molecule has 2 unspecified atom stereocenters. The Morgan fingerprint density at radius 1 is 1.46 bits per heavy atom. The van der Waals surface area contributed by atoms with Gasteiger partial charge in [-0.15, -0.1) is 0 Å². The van der Waals surface area contributed by atoms with Crippen LogP contribution in [0.2, 0.25) is 0 Å². The van der Waals surface area contributed by atoms with Crippen LogP contribution in [0.3, 0.4) is 0 Å². The maximum absolute atomic E-state index is 11.0.